The summed E-state index contributed by atoms with van der Waals surface area (Å²) in [6, 6.07) is 19.1. The minimum Gasteiger partial charge on any atom is -0.386 e. The fraction of sp³-hybridized carbons (Fsp3) is 0.188. The summed E-state index contributed by atoms with van der Waals surface area (Å²) in [5.74, 6) is 0.708. The van der Waals surface area contributed by atoms with Crippen LogP contribution in [0.2, 0.25) is 0 Å². The van der Waals surface area contributed by atoms with Gasteiger partial charge in [-0.1, -0.05) is 42.5 Å². The first-order valence-corrected chi connectivity index (χ1v) is 6.52. The van der Waals surface area contributed by atoms with Crippen molar-refractivity contribution in [1.82, 2.24) is 0 Å². The summed E-state index contributed by atoms with van der Waals surface area (Å²) in [6.45, 7) is 2.13. The third-order valence-electron chi connectivity index (χ3n) is 3.40. The van der Waals surface area contributed by atoms with E-state index in [9.17, 15) is 0 Å². The molecule has 1 heterocycles. The topological polar surface area (TPSA) is 41.6 Å². The van der Waals surface area contributed by atoms with Gasteiger partial charge in [0.15, 0.2) is 0 Å². The molecule has 2 N–H and O–H groups in total. The van der Waals surface area contributed by atoms with Crippen molar-refractivity contribution >= 4 is 11.5 Å². The third kappa shape index (κ3) is 2.32. The molecule has 1 unspecified atom stereocenters. The molecule has 0 saturated heterocycles. The van der Waals surface area contributed by atoms with E-state index in [0.717, 1.165) is 12.1 Å². The molecule has 0 radical (unpaired) electrons. The van der Waals surface area contributed by atoms with Gasteiger partial charge in [0.2, 0.25) is 0 Å². The van der Waals surface area contributed by atoms with Gasteiger partial charge in [0.05, 0.1) is 11.7 Å². The highest BCUT2D eigenvalue weighted by Crippen LogP contribution is 2.26. The maximum atomic E-state index is 5.78. The van der Waals surface area contributed by atoms with Gasteiger partial charge in [0.25, 0.3) is 0 Å². The molecule has 0 amide bonds. The number of benzene rings is 2. The smallest absolute Gasteiger partial charge is 0.122 e. The van der Waals surface area contributed by atoms with E-state index in [1.807, 2.05) is 11.1 Å². The summed E-state index contributed by atoms with van der Waals surface area (Å²) in [6.07, 6.45) is 0.834. The van der Waals surface area contributed by atoms with Crippen molar-refractivity contribution in [1.29, 1.82) is 0 Å². The highest BCUT2D eigenvalue weighted by molar-refractivity contribution is 5.85. The maximum Gasteiger partial charge on any atom is 0.122 e. The van der Waals surface area contributed by atoms with E-state index < -0.39 is 0 Å². The molecule has 1 aliphatic heterocycles. The molecule has 0 fully saturated rings. The van der Waals surface area contributed by atoms with E-state index in [2.05, 4.69) is 60.6 Å². The van der Waals surface area contributed by atoms with Gasteiger partial charge in [0, 0.05) is 6.42 Å². The second-order valence-corrected chi connectivity index (χ2v) is 4.90. The predicted octanol–water partition coefficient (Wildman–Crippen LogP) is 3.22. The second-order valence-electron chi connectivity index (χ2n) is 4.90. The lowest BCUT2D eigenvalue weighted by Gasteiger charge is -2.20. The fourth-order valence-electron chi connectivity index (χ4n) is 2.42. The van der Waals surface area contributed by atoms with Crippen LogP contribution in [0.4, 0.5) is 5.69 Å². The molecule has 0 aromatic heterocycles. The van der Waals surface area contributed by atoms with Gasteiger partial charge in [-0.3, -0.25) is 5.01 Å². The molecule has 3 nitrogen and oxygen atoms in total. The lowest BCUT2D eigenvalue weighted by molar-refractivity contribution is 0.723. The number of rotatable bonds is 2. The Kier molecular flexibility index (Phi) is 2.95. The van der Waals surface area contributed by atoms with Crippen molar-refractivity contribution in [2.24, 2.45) is 10.8 Å². The van der Waals surface area contributed by atoms with Crippen molar-refractivity contribution in [3.8, 4) is 11.1 Å². The van der Waals surface area contributed by atoms with Crippen LogP contribution in [0.5, 0.6) is 0 Å². The zero-order chi connectivity index (χ0) is 13.2. The molecule has 1 atom stereocenters. The summed E-state index contributed by atoms with van der Waals surface area (Å²) >= 11 is 0. The van der Waals surface area contributed by atoms with Gasteiger partial charge in [-0.2, -0.15) is 5.10 Å². The Balaban J connectivity index is 1.88. The number of amidine groups is 1. The minimum atomic E-state index is 0.336. The van der Waals surface area contributed by atoms with E-state index in [1.54, 1.807) is 0 Å². The molecule has 0 spiro atoms. The zero-order valence-corrected chi connectivity index (χ0v) is 11.0. The van der Waals surface area contributed by atoms with Crippen LogP contribution < -0.4 is 10.7 Å². The number of anilines is 1. The standard InChI is InChI=1S/C16H17N3/c1-12-11-16(17)18-19(12)15-9-7-14(8-10-15)13-5-3-2-4-6-13/h2-10,12H,11H2,1H3,(H2,17,18). The number of nitrogens with zero attached hydrogens (tertiary/aromatic N) is 2. The maximum absolute atomic E-state index is 5.78. The van der Waals surface area contributed by atoms with Crippen LogP contribution in [0.3, 0.4) is 0 Å². The fourth-order valence-corrected chi connectivity index (χ4v) is 2.42. The number of hydrazone groups is 1. The molecule has 3 rings (SSSR count). The van der Waals surface area contributed by atoms with Crippen molar-refractivity contribution in [3.05, 3.63) is 54.6 Å². The number of hydrogen-bond acceptors (Lipinski definition) is 3. The lowest BCUT2D eigenvalue weighted by Crippen LogP contribution is -2.22. The predicted molar refractivity (Wildman–Crippen MR) is 80.1 cm³/mol. The molecular weight excluding hydrogens is 234 g/mol. The Hall–Kier alpha value is -2.29. The molecule has 3 heteroatoms. The molecule has 2 aromatic rings. The van der Waals surface area contributed by atoms with Gasteiger partial charge < -0.3 is 5.73 Å². The first-order chi connectivity index (χ1) is 9.24. The zero-order valence-electron chi connectivity index (χ0n) is 11.0. The van der Waals surface area contributed by atoms with Gasteiger partial charge >= 0.3 is 0 Å². The van der Waals surface area contributed by atoms with Crippen LogP contribution in [-0.4, -0.2) is 11.9 Å². The third-order valence-corrected chi connectivity index (χ3v) is 3.40. The van der Waals surface area contributed by atoms with Crippen LogP contribution in [-0.2, 0) is 0 Å². The van der Waals surface area contributed by atoms with Gasteiger partial charge in [0.1, 0.15) is 5.84 Å². The monoisotopic (exact) mass is 251 g/mol. The van der Waals surface area contributed by atoms with Crippen LogP contribution in [0, 0.1) is 0 Å². The van der Waals surface area contributed by atoms with Crippen LogP contribution in [0.1, 0.15) is 13.3 Å². The Labute approximate surface area is 113 Å². The van der Waals surface area contributed by atoms with E-state index in [1.165, 1.54) is 11.1 Å². The summed E-state index contributed by atoms with van der Waals surface area (Å²) < 4.78 is 0. The average molecular weight is 251 g/mol. The molecule has 0 bridgehead atoms. The van der Waals surface area contributed by atoms with Crippen molar-refractivity contribution in [3.63, 3.8) is 0 Å². The van der Waals surface area contributed by atoms with Crippen LogP contribution >= 0.6 is 0 Å². The second kappa shape index (κ2) is 4.76. The molecule has 1 aliphatic rings. The van der Waals surface area contributed by atoms with Gasteiger partial charge in [-0.15, -0.1) is 0 Å². The van der Waals surface area contributed by atoms with Crippen molar-refractivity contribution in [2.75, 3.05) is 5.01 Å². The first-order valence-electron chi connectivity index (χ1n) is 6.52. The SMILES string of the molecule is CC1CC(N)=NN1c1ccc(-c2ccccc2)cc1. The summed E-state index contributed by atoms with van der Waals surface area (Å²) in [4.78, 5) is 0. The number of hydrogen-bond donors (Lipinski definition) is 1. The Morgan fingerprint density at radius 3 is 2.21 bits per heavy atom. The van der Waals surface area contributed by atoms with E-state index in [0.29, 0.717) is 11.9 Å². The van der Waals surface area contributed by atoms with Crippen LogP contribution in [0.15, 0.2) is 59.7 Å². The van der Waals surface area contributed by atoms with Crippen molar-refractivity contribution in [2.45, 2.75) is 19.4 Å². The normalized spacial score (nSPS) is 18.5. The Bertz CT molecular complexity index is 587. The largest absolute Gasteiger partial charge is 0.386 e. The lowest BCUT2D eigenvalue weighted by atomic mass is 10.1. The minimum absolute atomic E-state index is 0.336. The molecule has 0 saturated carbocycles. The van der Waals surface area contributed by atoms with Crippen LogP contribution in [0.25, 0.3) is 11.1 Å². The van der Waals surface area contributed by atoms with Gasteiger partial charge in [-0.05, 0) is 30.2 Å². The highest BCUT2D eigenvalue weighted by Gasteiger charge is 2.21. The van der Waals surface area contributed by atoms with E-state index >= 15 is 0 Å². The first kappa shape index (κ1) is 11.8. The number of nitrogens with two attached hydrogens (primary N) is 1. The summed E-state index contributed by atoms with van der Waals surface area (Å²) in [7, 11) is 0. The molecule has 19 heavy (non-hydrogen) atoms. The Morgan fingerprint density at radius 1 is 1.00 bits per heavy atom. The Morgan fingerprint density at radius 2 is 1.63 bits per heavy atom. The summed E-state index contributed by atoms with van der Waals surface area (Å²) in [5.41, 5.74) is 9.32. The quantitative estimate of drug-likeness (QED) is 0.890. The van der Waals surface area contributed by atoms with Gasteiger partial charge in [-0.25, -0.2) is 0 Å². The molecule has 2 aromatic carbocycles. The molecule has 0 aliphatic carbocycles. The molecule has 96 valence electrons. The van der Waals surface area contributed by atoms with E-state index in [-0.39, 0.29) is 0 Å². The average Bonchev–Trinajstić information content (AvgIpc) is 2.79. The highest BCUT2D eigenvalue weighted by atomic mass is 15.5. The molecular formula is C16H17N3. The van der Waals surface area contributed by atoms with E-state index in [4.69, 9.17) is 5.73 Å². The van der Waals surface area contributed by atoms with Crippen molar-refractivity contribution < 1.29 is 0 Å². The summed E-state index contributed by atoms with van der Waals surface area (Å²) in [5, 5.41) is 6.36.